The van der Waals surface area contributed by atoms with Gasteiger partial charge in [0.05, 0.1) is 6.61 Å². The van der Waals surface area contributed by atoms with Crippen LogP contribution in [0.5, 0.6) is 0 Å². The van der Waals surface area contributed by atoms with Crippen LogP contribution >= 0.6 is 11.3 Å². The van der Waals surface area contributed by atoms with E-state index in [1.165, 1.54) is 0 Å². The molecular formula is C26H34FN3O5S2. The molecule has 0 fully saturated rings. The summed E-state index contributed by atoms with van der Waals surface area (Å²) in [6.45, 7) is 9.57. The zero-order valence-electron chi connectivity index (χ0n) is 21.7. The molecule has 37 heavy (non-hydrogen) atoms. The summed E-state index contributed by atoms with van der Waals surface area (Å²) in [5.74, 6) is 0.000195. The molecule has 2 heterocycles. The van der Waals surface area contributed by atoms with Gasteiger partial charge in [0.15, 0.2) is 4.21 Å². The minimum absolute atomic E-state index is 0.0686. The van der Waals surface area contributed by atoms with Crippen molar-refractivity contribution in [1.29, 1.82) is 0 Å². The Morgan fingerprint density at radius 3 is 2.54 bits per heavy atom. The maximum Gasteiger partial charge on any atom is 0.421 e. The number of rotatable bonds is 11. The summed E-state index contributed by atoms with van der Waals surface area (Å²) in [5, 5.41) is 10.3. The van der Waals surface area contributed by atoms with Gasteiger partial charge in [-0.1, -0.05) is 51.5 Å². The van der Waals surface area contributed by atoms with Crippen molar-refractivity contribution in [2.24, 2.45) is 5.92 Å². The number of carbonyl (C=O) groups is 1. The summed E-state index contributed by atoms with van der Waals surface area (Å²) in [5.41, 5.74) is 0.0399. The van der Waals surface area contributed by atoms with Gasteiger partial charge in [-0.3, -0.25) is 0 Å². The third-order valence-electron chi connectivity index (χ3n) is 5.53. The largest absolute Gasteiger partial charge is 0.449 e. The minimum atomic E-state index is -4.37. The van der Waals surface area contributed by atoms with E-state index >= 15 is 4.39 Å². The van der Waals surface area contributed by atoms with Crippen LogP contribution in [0.2, 0.25) is 0 Å². The normalized spacial score (nSPS) is 12.2. The van der Waals surface area contributed by atoms with E-state index in [1.807, 2.05) is 30.1 Å². The van der Waals surface area contributed by atoms with Crippen LogP contribution in [0.1, 0.15) is 63.7 Å². The molecule has 3 rings (SSSR count). The zero-order chi connectivity index (χ0) is 27.4. The molecule has 1 amide bonds. The molecule has 3 aromatic rings. The summed E-state index contributed by atoms with van der Waals surface area (Å²) in [6.07, 6.45) is 4.03. The van der Waals surface area contributed by atoms with Crippen LogP contribution in [0.15, 0.2) is 40.9 Å². The summed E-state index contributed by atoms with van der Waals surface area (Å²) in [6, 6.07) is 6.84. The molecule has 11 heteroatoms. The first-order chi connectivity index (χ1) is 17.3. The number of hydrogen-bond donors (Lipinski definition) is 2. The van der Waals surface area contributed by atoms with Crippen molar-refractivity contribution < 1.29 is 27.4 Å². The molecule has 0 unspecified atom stereocenters. The van der Waals surface area contributed by atoms with Gasteiger partial charge in [-0.2, -0.15) is 0 Å². The molecule has 0 aliphatic heterocycles. The second kappa shape index (κ2) is 11.7. The number of hydrogen-bond acceptors (Lipinski definition) is 7. The van der Waals surface area contributed by atoms with Gasteiger partial charge in [-0.15, -0.1) is 11.3 Å². The Balaban J connectivity index is 1.95. The molecule has 0 aliphatic carbocycles. The van der Waals surface area contributed by atoms with E-state index in [2.05, 4.69) is 4.98 Å². The Morgan fingerprint density at radius 1 is 1.27 bits per heavy atom. The van der Waals surface area contributed by atoms with Crippen molar-refractivity contribution in [3.63, 3.8) is 0 Å². The van der Waals surface area contributed by atoms with E-state index in [4.69, 9.17) is 4.74 Å². The summed E-state index contributed by atoms with van der Waals surface area (Å²) in [4.78, 5) is 16.6. The molecule has 0 saturated heterocycles. The first-order valence-corrected chi connectivity index (χ1v) is 14.5. The van der Waals surface area contributed by atoms with Gasteiger partial charge in [-0.25, -0.2) is 27.3 Å². The van der Waals surface area contributed by atoms with E-state index < -0.39 is 27.5 Å². The van der Waals surface area contributed by atoms with Gasteiger partial charge in [0, 0.05) is 29.4 Å². The highest BCUT2D eigenvalue weighted by Gasteiger charge is 2.30. The summed E-state index contributed by atoms with van der Waals surface area (Å²) in [7, 11) is -4.37. The van der Waals surface area contributed by atoms with Crippen LogP contribution in [-0.2, 0) is 33.3 Å². The van der Waals surface area contributed by atoms with Crippen LogP contribution in [0.4, 0.5) is 9.18 Å². The Morgan fingerprint density at radius 2 is 1.95 bits per heavy atom. The maximum absolute atomic E-state index is 15.6. The van der Waals surface area contributed by atoms with Gasteiger partial charge >= 0.3 is 6.09 Å². The smallest absolute Gasteiger partial charge is 0.421 e. The van der Waals surface area contributed by atoms with Crippen molar-refractivity contribution >= 4 is 27.5 Å². The summed E-state index contributed by atoms with van der Waals surface area (Å²) >= 11 is 0.826. The monoisotopic (exact) mass is 551 g/mol. The number of aliphatic hydroxyl groups is 1. The van der Waals surface area contributed by atoms with Crippen molar-refractivity contribution in [2.75, 3.05) is 6.61 Å². The maximum atomic E-state index is 15.6. The molecule has 0 atom stereocenters. The van der Waals surface area contributed by atoms with E-state index in [9.17, 15) is 18.3 Å². The lowest BCUT2D eigenvalue weighted by molar-refractivity contribution is 0.0652. The molecule has 8 nitrogen and oxygen atoms in total. The number of thiophene rings is 1. The standard InChI is InChI=1S/C26H34FN3O5S2/c1-6-7-14-35-25(31)29-37(33,34)23-21(22(27)20(36-23)15-17(2)3)19-10-8-18(9-11-19)16-30-13-12-28-24(30)26(4,5)32/h8-13,17,32H,6-7,14-16H2,1-5H3,(H,29,31). The predicted molar refractivity (Wildman–Crippen MR) is 141 cm³/mol. The van der Waals surface area contributed by atoms with E-state index in [-0.39, 0.29) is 22.3 Å². The van der Waals surface area contributed by atoms with Crippen LogP contribution in [0.25, 0.3) is 11.1 Å². The van der Waals surface area contributed by atoms with E-state index in [0.717, 1.165) is 23.3 Å². The fourth-order valence-corrected chi connectivity index (χ4v) is 6.66. The molecule has 202 valence electrons. The fraction of sp³-hybridized carbons (Fsp3) is 0.462. The van der Waals surface area contributed by atoms with Crippen LogP contribution < -0.4 is 4.72 Å². The van der Waals surface area contributed by atoms with E-state index in [1.54, 1.807) is 50.5 Å². The number of nitrogens with zero attached hydrogens (tertiary/aromatic N) is 2. The number of unbranched alkanes of at least 4 members (excludes halogenated alkanes) is 1. The lowest BCUT2D eigenvalue weighted by atomic mass is 10.0. The lowest BCUT2D eigenvalue weighted by Gasteiger charge is -2.18. The Bertz CT molecular complexity index is 1320. The van der Waals surface area contributed by atoms with Crippen LogP contribution in [-0.4, -0.2) is 35.8 Å². The van der Waals surface area contributed by atoms with Crippen LogP contribution in [0, 0.1) is 11.7 Å². The van der Waals surface area contributed by atoms with Crippen molar-refractivity contribution in [3.05, 3.63) is 58.7 Å². The number of ether oxygens (including phenoxy) is 1. The third kappa shape index (κ3) is 7.18. The van der Waals surface area contributed by atoms with Crippen molar-refractivity contribution in [1.82, 2.24) is 14.3 Å². The number of carbonyl (C=O) groups excluding carboxylic acids is 1. The number of imidazole rings is 1. The summed E-state index contributed by atoms with van der Waals surface area (Å²) < 4.78 is 50.3. The predicted octanol–water partition coefficient (Wildman–Crippen LogP) is 5.44. The molecule has 2 N–H and O–H groups in total. The number of sulfonamides is 1. The quantitative estimate of drug-likeness (QED) is 0.307. The molecule has 0 radical (unpaired) electrons. The molecule has 2 aromatic heterocycles. The third-order valence-corrected chi connectivity index (χ3v) is 8.55. The highest BCUT2D eigenvalue weighted by Crippen LogP contribution is 2.40. The Labute approximate surface area is 221 Å². The van der Waals surface area contributed by atoms with Gasteiger partial charge in [0.2, 0.25) is 0 Å². The molecular weight excluding hydrogens is 517 g/mol. The molecule has 1 aromatic carbocycles. The molecule has 0 spiro atoms. The second-order valence-corrected chi connectivity index (χ2v) is 12.8. The number of halogens is 1. The van der Waals surface area contributed by atoms with Gasteiger partial charge in [0.25, 0.3) is 10.0 Å². The van der Waals surface area contributed by atoms with Crippen molar-refractivity contribution in [3.8, 4) is 11.1 Å². The van der Waals surface area contributed by atoms with Gasteiger partial charge in [-0.05, 0) is 43.7 Å². The number of nitrogens with one attached hydrogen (secondary N) is 1. The lowest BCUT2D eigenvalue weighted by Crippen LogP contribution is -2.31. The van der Waals surface area contributed by atoms with Gasteiger partial charge in [0.1, 0.15) is 17.2 Å². The highest BCUT2D eigenvalue weighted by atomic mass is 32.2. The average Bonchev–Trinajstić information content (AvgIpc) is 3.39. The number of amides is 1. The first kappa shape index (κ1) is 28.8. The number of benzene rings is 1. The molecule has 0 bridgehead atoms. The Kier molecular flexibility index (Phi) is 9.14. The Hall–Kier alpha value is -2.76. The fourth-order valence-electron chi connectivity index (χ4n) is 3.81. The number of aromatic nitrogens is 2. The molecule has 0 aliphatic rings. The van der Waals surface area contributed by atoms with E-state index in [0.29, 0.717) is 35.7 Å². The molecule has 0 saturated carbocycles. The van der Waals surface area contributed by atoms with Crippen molar-refractivity contribution in [2.45, 2.75) is 70.2 Å². The zero-order valence-corrected chi connectivity index (χ0v) is 23.4. The van der Waals surface area contributed by atoms with Gasteiger partial charge < -0.3 is 14.4 Å². The first-order valence-electron chi connectivity index (χ1n) is 12.2. The topological polar surface area (TPSA) is 111 Å². The SMILES string of the molecule is CCCCOC(=O)NS(=O)(=O)c1sc(CC(C)C)c(F)c1-c1ccc(Cn2ccnc2C(C)(C)O)cc1. The average molecular weight is 552 g/mol. The minimum Gasteiger partial charge on any atom is -0.449 e. The van der Waals surface area contributed by atoms with Crippen LogP contribution in [0.3, 0.4) is 0 Å². The highest BCUT2D eigenvalue weighted by molar-refractivity contribution is 7.92. The second-order valence-electron chi connectivity index (χ2n) is 9.83.